The average molecular weight is 347 g/mol. The van der Waals surface area contributed by atoms with Crippen molar-refractivity contribution in [3.8, 4) is 0 Å². The van der Waals surface area contributed by atoms with Gasteiger partial charge >= 0.3 is 0 Å². The number of carbonyl (C=O) groups excluding carboxylic acids is 1. The molecule has 0 spiro atoms. The number of amides is 1. The largest absolute Gasteiger partial charge is 0.370 e. The van der Waals surface area contributed by atoms with Crippen LogP contribution in [0.4, 0.5) is 4.39 Å². The normalized spacial score (nSPS) is 12.4. The highest BCUT2D eigenvalue weighted by Gasteiger charge is 2.25. The first-order valence-electron chi connectivity index (χ1n) is 6.53. The fourth-order valence-electron chi connectivity index (χ4n) is 1.69. The molecule has 11 heteroatoms. The monoisotopic (exact) mass is 347 g/mol. The Morgan fingerprint density at radius 1 is 1.30 bits per heavy atom. The van der Waals surface area contributed by atoms with E-state index in [9.17, 15) is 17.6 Å². The van der Waals surface area contributed by atoms with Crippen molar-refractivity contribution in [1.29, 1.82) is 0 Å². The van der Waals surface area contributed by atoms with E-state index in [-0.39, 0.29) is 23.8 Å². The SMILES string of the molecule is NC(N)=NCCCC(NS(=O)(=O)c1ccc(F)cc1)C(=O)NO. The second-order valence-corrected chi connectivity index (χ2v) is 6.27. The Labute approximate surface area is 132 Å². The molecular formula is C12H18FN5O4S. The molecule has 0 aliphatic heterocycles. The van der Waals surface area contributed by atoms with Crippen LogP contribution >= 0.6 is 0 Å². The Bertz CT molecular complexity index is 659. The molecule has 7 N–H and O–H groups in total. The number of rotatable bonds is 8. The summed E-state index contributed by atoms with van der Waals surface area (Å²) in [4.78, 5) is 15.1. The molecule has 0 heterocycles. The van der Waals surface area contributed by atoms with Crippen LogP contribution in [-0.4, -0.2) is 38.1 Å². The third kappa shape index (κ3) is 6.18. The van der Waals surface area contributed by atoms with Crippen molar-refractivity contribution in [3.63, 3.8) is 0 Å². The Hall–Kier alpha value is -2.24. The molecule has 1 aromatic carbocycles. The maximum atomic E-state index is 12.8. The minimum absolute atomic E-state index is 0.0452. The van der Waals surface area contributed by atoms with Gasteiger partial charge in [-0.15, -0.1) is 0 Å². The van der Waals surface area contributed by atoms with Crippen LogP contribution in [0.5, 0.6) is 0 Å². The molecule has 128 valence electrons. The van der Waals surface area contributed by atoms with Crippen LogP contribution in [0.25, 0.3) is 0 Å². The minimum Gasteiger partial charge on any atom is -0.370 e. The van der Waals surface area contributed by atoms with Crippen LogP contribution in [0.3, 0.4) is 0 Å². The third-order valence-electron chi connectivity index (χ3n) is 2.79. The molecule has 0 aliphatic rings. The van der Waals surface area contributed by atoms with E-state index in [1.165, 1.54) is 5.48 Å². The Kier molecular flexibility index (Phi) is 6.88. The fourth-order valence-corrected chi connectivity index (χ4v) is 2.92. The van der Waals surface area contributed by atoms with E-state index >= 15 is 0 Å². The molecule has 0 saturated carbocycles. The van der Waals surface area contributed by atoms with E-state index in [1.54, 1.807) is 0 Å². The Morgan fingerprint density at radius 2 is 1.91 bits per heavy atom. The smallest absolute Gasteiger partial charge is 0.261 e. The van der Waals surface area contributed by atoms with Crippen molar-refractivity contribution < 1.29 is 22.8 Å². The highest BCUT2D eigenvalue weighted by Crippen LogP contribution is 2.11. The van der Waals surface area contributed by atoms with E-state index in [4.69, 9.17) is 16.7 Å². The molecule has 23 heavy (non-hydrogen) atoms. The van der Waals surface area contributed by atoms with Crippen LogP contribution in [0, 0.1) is 5.82 Å². The van der Waals surface area contributed by atoms with Gasteiger partial charge in [0.05, 0.1) is 4.90 Å². The number of benzene rings is 1. The quantitative estimate of drug-likeness (QED) is 0.134. The number of hydrogen-bond acceptors (Lipinski definition) is 5. The minimum atomic E-state index is -4.06. The van der Waals surface area contributed by atoms with E-state index in [0.29, 0.717) is 6.42 Å². The van der Waals surface area contributed by atoms with Crippen LogP contribution in [0.1, 0.15) is 12.8 Å². The summed E-state index contributed by atoms with van der Waals surface area (Å²) in [5, 5.41) is 8.70. The lowest BCUT2D eigenvalue weighted by Crippen LogP contribution is -2.45. The van der Waals surface area contributed by atoms with Gasteiger partial charge in [0.15, 0.2) is 5.96 Å². The molecule has 1 unspecified atom stereocenters. The number of nitrogens with zero attached hydrogens (tertiary/aromatic N) is 1. The molecule has 1 rings (SSSR count). The summed E-state index contributed by atoms with van der Waals surface area (Å²) in [6.07, 6.45) is 0.339. The predicted molar refractivity (Wildman–Crippen MR) is 80.3 cm³/mol. The van der Waals surface area contributed by atoms with Gasteiger partial charge in [-0.2, -0.15) is 4.72 Å². The van der Waals surface area contributed by atoms with Crippen molar-refractivity contribution in [2.45, 2.75) is 23.8 Å². The number of nitrogens with two attached hydrogens (primary N) is 2. The maximum Gasteiger partial charge on any atom is 0.261 e. The lowest BCUT2D eigenvalue weighted by Gasteiger charge is -2.16. The van der Waals surface area contributed by atoms with E-state index in [1.807, 2.05) is 0 Å². The number of halogens is 1. The maximum absolute atomic E-state index is 12.8. The van der Waals surface area contributed by atoms with Gasteiger partial charge in [-0.1, -0.05) is 0 Å². The molecular weight excluding hydrogens is 329 g/mol. The summed E-state index contributed by atoms with van der Waals surface area (Å²) in [6, 6.07) is 2.85. The van der Waals surface area contributed by atoms with Crippen LogP contribution in [0.2, 0.25) is 0 Å². The summed E-state index contributed by atoms with van der Waals surface area (Å²) in [5.41, 5.74) is 11.7. The predicted octanol–water partition coefficient (Wildman–Crippen LogP) is -0.968. The van der Waals surface area contributed by atoms with Gasteiger partial charge < -0.3 is 11.5 Å². The number of hydroxylamine groups is 1. The summed E-state index contributed by atoms with van der Waals surface area (Å²) in [6.45, 7) is 0.190. The molecule has 0 bridgehead atoms. The summed E-state index contributed by atoms with van der Waals surface area (Å²) in [5.74, 6) is -1.65. The summed E-state index contributed by atoms with van der Waals surface area (Å²) >= 11 is 0. The lowest BCUT2D eigenvalue weighted by molar-refractivity contribution is -0.131. The van der Waals surface area contributed by atoms with E-state index in [0.717, 1.165) is 24.3 Å². The first-order chi connectivity index (χ1) is 10.8. The Balaban J connectivity index is 2.81. The zero-order chi connectivity index (χ0) is 17.5. The number of carbonyl (C=O) groups is 1. The van der Waals surface area contributed by atoms with Crippen LogP contribution in [0.15, 0.2) is 34.2 Å². The Morgan fingerprint density at radius 3 is 2.43 bits per heavy atom. The number of aliphatic imine (C=N–C) groups is 1. The van der Waals surface area contributed by atoms with Crippen molar-refractivity contribution in [1.82, 2.24) is 10.2 Å². The first kappa shape index (κ1) is 18.8. The van der Waals surface area contributed by atoms with Crippen molar-refractivity contribution in [2.24, 2.45) is 16.5 Å². The highest BCUT2D eigenvalue weighted by molar-refractivity contribution is 7.89. The zero-order valence-electron chi connectivity index (χ0n) is 12.1. The molecule has 0 saturated heterocycles. The van der Waals surface area contributed by atoms with Gasteiger partial charge in [0.1, 0.15) is 11.9 Å². The second kappa shape index (κ2) is 8.41. The van der Waals surface area contributed by atoms with Gasteiger partial charge in [-0.25, -0.2) is 18.3 Å². The molecule has 1 atom stereocenters. The van der Waals surface area contributed by atoms with E-state index in [2.05, 4.69) is 9.71 Å². The molecule has 1 amide bonds. The van der Waals surface area contributed by atoms with Gasteiger partial charge in [0.25, 0.3) is 5.91 Å². The van der Waals surface area contributed by atoms with Gasteiger partial charge in [-0.05, 0) is 37.1 Å². The summed E-state index contributed by atoms with van der Waals surface area (Å²) < 4.78 is 39.3. The molecule has 0 radical (unpaired) electrons. The fraction of sp³-hybridized carbons (Fsp3) is 0.333. The number of hydrogen-bond donors (Lipinski definition) is 5. The molecule has 0 fully saturated rings. The van der Waals surface area contributed by atoms with Gasteiger partial charge in [0.2, 0.25) is 10.0 Å². The van der Waals surface area contributed by atoms with Crippen molar-refractivity contribution in [3.05, 3.63) is 30.1 Å². The zero-order valence-corrected chi connectivity index (χ0v) is 12.9. The van der Waals surface area contributed by atoms with Crippen LogP contribution < -0.4 is 21.7 Å². The molecule has 9 nitrogen and oxygen atoms in total. The first-order valence-corrected chi connectivity index (χ1v) is 8.02. The number of nitrogens with one attached hydrogen (secondary N) is 2. The van der Waals surface area contributed by atoms with Crippen LogP contribution in [-0.2, 0) is 14.8 Å². The van der Waals surface area contributed by atoms with Crippen molar-refractivity contribution >= 4 is 21.9 Å². The summed E-state index contributed by atoms with van der Waals surface area (Å²) in [7, 11) is -4.06. The van der Waals surface area contributed by atoms with Gasteiger partial charge in [0, 0.05) is 6.54 Å². The van der Waals surface area contributed by atoms with Gasteiger partial charge in [-0.3, -0.25) is 15.0 Å². The number of guanidine groups is 1. The molecule has 0 aromatic heterocycles. The third-order valence-corrected chi connectivity index (χ3v) is 4.28. The van der Waals surface area contributed by atoms with E-state index < -0.39 is 27.8 Å². The lowest BCUT2D eigenvalue weighted by atomic mass is 10.1. The molecule has 1 aromatic rings. The highest BCUT2D eigenvalue weighted by atomic mass is 32.2. The molecule has 0 aliphatic carbocycles. The second-order valence-electron chi connectivity index (χ2n) is 4.55. The number of sulfonamides is 1. The standard InChI is InChI=1S/C12H18FN5O4S/c13-8-3-5-9(6-4-8)23(21,22)18-10(11(19)17-20)2-1-7-16-12(14)15/h3-6,10,18,20H,1-2,7H2,(H,17,19)(H4,14,15,16). The average Bonchev–Trinajstić information content (AvgIpc) is 2.49. The van der Waals surface area contributed by atoms with Crippen molar-refractivity contribution in [2.75, 3.05) is 6.54 Å². The topological polar surface area (TPSA) is 160 Å².